The van der Waals surface area contributed by atoms with Crippen LogP contribution in [0.15, 0.2) is 15.8 Å². The zero-order chi connectivity index (χ0) is 23.8. The minimum absolute atomic E-state index is 0.203. The molecule has 1 aromatic heterocycles. The van der Waals surface area contributed by atoms with Crippen LogP contribution in [0.3, 0.4) is 0 Å². The predicted molar refractivity (Wildman–Crippen MR) is 111 cm³/mol. The molecule has 2 heterocycles. The van der Waals surface area contributed by atoms with Gasteiger partial charge in [-0.25, -0.2) is 9.36 Å². The molecule has 1 aromatic rings. The van der Waals surface area contributed by atoms with Crippen LogP contribution in [-0.4, -0.2) is 61.9 Å². The van der Waals surface area contributed by atoms with E-state index in [4.69, 9.17) is 40.1 Å². The van der Waals surface area contributed by atoms with Gasteiger partial charge in [0.15, 0.2) is 6.23 Å². The maximum Gasteiger partial charge on any atom is 0.469 e. The van der Waals surface area contributed by atoms with E-state index >= 15 is 0 Å². The number of hydrogen-bond donors (Lipinski definition) is 4. The molecule has 0 aromatic carbocycles. The number of nitrogens with zero attached hydrogens (tertiary/aromatic N) is 1. The number of methoxy groups -OCH3 is 1. The highest BCUT2D eigenvalue weighted by molar-refractivity contribution is 8.07. The molecule has 1 aliphatic heterocycles. The van der Waals surface area contributed by atoms with Gasteiger partial charge >= 0.3 is 20.2 Å². The molecule has 2 unspecified atom stereocenters. The Hall–Kier alpha value is -0.760. The van der Waals surface area contributed by atoms with Crippen LogP contribution in [0.1, 0.15) is 32.6 Å². The fourth-order valence-corrected chi connectivity index (χ4v) is 5.52. The van der Waals surface area contributed by atoms with Crippen LogP contribution in [0.25, 0.3) is 0 Å². The van der Waals surface area contributed by atoms with Gasteiger partial charge in [0, 0.05) is 18.9 Å². The molecule has 0 spiro atoms. The van der Waals surface area contributed by atoms with Crippen LogP contribution < -0.4 is 11.2 Å². The van der Waals surface area contributed by atoms with Gasteiger partial charge < -0.3 is 28.7 Å². The number of phosphoric acid groups is 1. The summed E-state index contributed by atoms with van der Waals surface area (Å²) in [6.07, 6.45) is -3.51. The van der Waals surface area contributed by atoms with Crippen LogP contribution in [0.4, 0.5) is 0 Å². The van der Waals surface area contributed by atoms with Crippen LogP contribution in [0.2, 0.25) is 0 Å². The molecule has 4 N–H and O–H groups in total. The topological polar surface area (TPSA) is 179 Å². The van der Waals surface area contributed by atoms with Crippen molar-refractivity contribution >= 4 is 26.3 Å². The minimum Gasteiger partial charge on any atom is -0.374 e. The van der Waals surface area contributed by atoms with E-state index in [0.717, 1.165) is 4.57 Å². The third-order valence-electron chi connectivity index (χ3n) is 4.03. The highest BCUT2D eigenvalue weighted by atomic mass is 32.5. The van der Waals surface area contributed by atoms with Gasteiger partial charge in [0.05, 0.1) is 12.2 Å². The van der Waals surface area contributed by atoms with E-state index in [2.05, 4.69) is 9.51 Å². The molecular formula is C15H26N2O11P2S. The number of H-pyrrole nitrogens is 1. The third kappa shape index (κ3) is 7.37. The highest BCUT2D eigenvalue weighted by Crippen LogP contribution is 2.52. The van der Waals surface area contributed by atoms with Gasteiger partial charge in [-0.3, -0.25) is 23.4 Å². The average molecular weight is 504 g/mol. The molecule has 5 atom stereocenters. The summed E-state index contributed by atoms with van der Waals surface area (Å²) in [7, 11) is -3.60. The summed E-state index contributed by atoms with van der Waals surface area (Å²) in [6, 6.07) is 0. The van der Waals surface area contributed by atoms with E-state index < -0.39 is 62.5 Å². The van der Waals surface area contributed by atoms with E-state index in [0.29, 0.717) is 0 Å². The van der Waals surface area contributed by atoms with Gasteiger partial charge in [-0.05, 0) is 39.5 Å². The molecule has 2 rings (SSSR count). The molecule has 1 saturated heterocycles. The second-order valence-corrected chi connectivity index (χ2v) is 11.7. The van der Waals surface area contributed by atoms with Crippen LogP contribution in [0.5, 0.6) is 0 Å². The highest BCUT2D eigenvalue weighted by Gasteiger charge is 2.50. The van der Waals surface area contributed by atoms with Crippen molar-refractivity contribution < 1.29 is 42.3 Å². The molecule has 0 aliphatic carbocycles. The first-order valence-electron chi connectivity index (χ1n) is 8.95. The second-order valence-electron chi connectivity index (χ2n) is 7.77. The van der Waals surface area contributed by atoms with Gasteiger partial charge in [0.2, 0.25) is 0 Å². The maximum atomic E-state index is 12.3. The Bertz CT molecular complexity index is 998. The van der Waals surface area contributed by atoms with E-state index in [1.54, 1.807) is 20.8 Å². The molecule has 13 nitrogen and oxygen atoms in total. The molecule has 0 bridgehead atoms. The molecule has 0 radical (unpaired) electrons. The van der Waals surface area contributed by atoms with Crippen molar-refractivity contribution in [3.05, 3.63) is 32.6 Å². The van der Waals surface area contributed by atoms with Gasteiger partial charge in [0.25, 0.3) is 5.56 Å². The number of ether oxygens (including phenoxy) is 2. The fourth-order valence-electron chi connectivity index (χ4n) is 2.91. The fraction of sp³-hybridized carbons (Fsp3) is 0.733. The van der Waals surface area contributed by atoms with Gasteiger partial charge in [-0.1, -0.05) is 0 Å². The van der Waals surface area contributed by atoms with E-state index in [-0.39, 0.29) is 5.56 Å². The Morgan fingerprint density at radius 1 is 1.26 bits per heavy atom. The predicted octanol–water partition coefficient (Wildman–Crippen LogP) is 0.284. The molecule has 16 heteroatoms. The summed E-state index contributed by atoms with van der Waals surface area (Å²) in [5, 5.41) is 0. The Morgan fingerprint density at radius 3 is 2.39 bits per heavy atom. The number of rotatable bonds is 8. The second kappa shape index (κ2) is 9.62. The molecular weight excluding hydrogens is 478 g/mol. The van der Waals surface area contributed by atoms with Crippen molar-refractivity contribution in [1.29, 1.82) is 0 Å². The third-order valence-corrected chi connectivity index (χ3v) is 6.28. The lowest BCUT2D eigenvalue weighted by Gasteiger charge is -2.30. The van der Waals surface area contributed by atoms with E-state index in [1.807, 2.05) is 0 Å². The Balaban J connectivity index is 2.44. The van der Waals surface area contributed by atoms with Crippen molar-refractivity contribution in [2.24, 2.45) is 0 Å². The van der Waals surface area contributed by atoms with E-state index in [1.165, 1.54) is 20.2 Å². The first kappa shape index (κ1) is 26.5. The van der Waals surface area contributed by atoms with Crippen LogP contribution >= 0.6 is 14.5 Å². The van der Waals surface area contributed by atoms with E-state index in [9.17, 15) is 19.0 Å². The largest absolute Gasteiger partial charge is 0.469 e. The monoisotopic (exact) mass is 504 g/mol. The summed E-state index contributed by atoms with van der Waals surface area (Å²) in [5.41, 5.74) is -2.07. The number of nitrogens with one attached hydrogen (secondary N) is 1. The lowest BCUT2D eigenvalue weighted by atomic mass is 10.1. The van der Waals surface area contributed by atoms with Crippen molar-refractivity contribution in [2.45, 2.75) is 57.8 Å². The van der Waals surface area contributed by atoms with Crippen molar-refractivity contribution in [3.63, 3.8) is 0 Å². The summed E-state index contributed by atoms with van der Waals surface area (Å²) >= 11 is 5.06. The Morgan fingerprint density at radius 2 is 1.87 bits per heavy atom. The van der Waals surface area contributed by atoms with Crippen molar-refractivity contribution in [1.82, 2.24) is 9.55 Å². The quantitative estimate of drug-likeness (QED) is 0.356. The normalized spacial score (nSPS) is 26.7. The van der Waals surface area contributed by atoms with Crippen LogP contribution in [0, 0.1) is 6.92 Å². The maximum absolute atomic E-state index is 12.3. The molecule has 0 saturated carbocycles. The standard InChI is InChI=1S/C15H26N2O11P2S/c1-8-6-17(14(19)16-12(8)18)13-11(24-5)10(9(26-13)7-25-29(20,21)22)27-30(23,31)28-15(2,3)4/h6,9-11,13H,7H2,1-5H3,(H,23,31)(H,16,18,19)(H2,20,21,22)/t9-,10?,11+,13+,30?/m1/s1. The lowest BCUT2D eigenvalue weighted by Crippen LogP contribution is -2.40. The Kier molecular flexibility index (Phi) is 8.22. The number of aromatic nitrogens is 2. The van der Waals surface area contributed by atoms with Gasteiger partial charge in [-0.15, -0.1) is 0 Å². The van der Waals surface area contributed by atoms with Gasteiger partial charge in [0.1, 0.15) is 18.3 Å². The molecule has 0 amide bonds. The van der Waals surface area contributed by atoms with Crippen molar-refractivity contribution in [3.8, 4) is 0 Å². The average Bonchev–Trinajstić information content (AvgIpc) is 2.90. The molecule has 1 fully saturated rings. The number of phosphoric ester groups is 1. The first-order valence-corrected chi connectivity index (χ1v) is 13.1. The summed E-state index contributed by atoms with van der Waals surface area (Å²) in [5.74, 6) is 0. The van der Waals surface area contributed by atoms with Crippen LogP contribution in [-0.2, 0) is 39.4 Å². The number of aryl methyl sites for hydroxylation is 1. The van der Waals surface area contributed by atoms with Crippen molar-refractivity contribution in [2.75, 3.05) is 13.7 Å². The Labute approximate surface area is 182 Å². The van der Waals surface area contributed by atoms with Gasteiger partial charge in [-0.2, -0.15) is 0 Å². The zero-order valence-electron chi connectivity index (χ0n) is 17.5. The summed E-state index contributed by atoms with van der Waals surface area (Å²) in [4.78, 5) is 54.8. The first-order chi connectivity index (χ1) is 14.0. The molecule has 31 heavy (non-hydrogen) atoms. The number of hydrogen-bond acceptors (Lipinski definition) is 9. The summed E-state index contributed by atoms with van der Waals surface area (Å²) in [6.45, 7) is 1.85. The lowest BCUT2D eigenvalue weighted by molar-refractivity contribution is -0.0621. The smallest absolute Gasteiger partial charge is 0.374 e. The molecule has 1 aliphatic rings. The zero-order valence-corrected chi connectivity index (χ0v) is 20.1. The number of aromatic amines is 1. The summed E-state index contributed by atoms with van der Waals surface area (Å²) < 4.78 is 38.9. The minimum atomic E-state index is -4.88. The molecule has 178 valence electrons. The SMILES string of the molecule is CO[C@H]1C(OP(O)(=S)OC(C)(C)C)[C@@H](COP(=O)(O)O)O[C@@H]1n1cc(C)c(=O)[nH]c1=O.